The fourth-order valence-corrected chi connectivity index (χ4v) is 4.71. The first-order valence-corrected chi connectivity index (χ1v) is 11.3. The van der Waals surface area contributed by atoms with E-state index in [9.17, 15) is 17.6 Å². The van der Waals surface area contributed by atoms with E-state index < -0.39 is 23.3 Å². The van der Waals surface area contributed by atoms with Crippen molar-refractivity contribution in [3.05, 3.63) is 65.2 Å². The molecule has 2 nitrogen and oxygen atoms in total. The normalized spacial score (nSPS) is 16.7. The van der Waals surface area contributed by atoms with Crippen LogP contribution in [0.3, 0.4) is 0 Å². The lowest BCUT2D eigenvalue weighted by atomic mass is 9.77. The van der Waals surface area contributed by atoms with Gasteiger partial charge < -0.3 is 9.47 Å². The van der Waals surface area contributed by atoms with Gasteiger partial charge >= 0.3 is 0 Å². The lowest BCUT2D eigenvalue weighted by Crippen LogP contribution is -2.23. The molecule has 0 amide bonds. The summed E-state index contributed by atoms with van der Waals surface area (Å²) >= 11 is 0. The first kappa shape index (κ1) is 22.0. The van der Waals surface area contributed by atoms with E-state index in [2.05, 4.69) is 0 Å². The number of ether oxygens (including phenoxy) is 2. The summed E-state index contributed by atoms with van der Waals surface area (Å²) in [5.74, 6) is -3.11. The van der Waals surface area contributed by atoms with Crippen molar-refractivity contribution in [3.63, 3.8) is 0 Å². The van der Waals surface area contributed by atoms with Gasteiger partial charge in [0.2, 0.25) is 0 Å². The molecule has 1 unspecified atom stereocenters. The van der Waals surface area contributed by atoms with Crippen LogP contribution in [0.2, 0.25) is 0 Å². The summed E-state index contributed by atoms with van der Waals surface area (Å²) in [6, 6.07) is 8.95. The lowest BCUT2D eigenvalue weighted by Gasteiger charge is -2.27. The largest absolute Gasteiger partial charge is 0.490 e. The second-order valence-corrected chi connectivity index (χ2v) is 8.73. The highest BCUT2D eigenvalue weighted by molar-refractivity contribution is 6.04. The molecule has 3 aromatic rings. The van der Waals surface area contributed by atoms with Gasteiger partial charge in [0.05, 0.1) is 13.2 Å². The van der Waals surface area contributed by atoms with Gasteiger partial charge in [-0.15, -0.1) is 0 Å². The van der Waals surface area contributed by atoms with Gasteiger partial charge in [-0.2, -0.15) is 0 Å². The molecule has 1 heterocycles. The van der Waals surface area contributed by atoms with Crippen molar-refractivity contribution >= 4 is 0 Å². The SMILES string of the molecule is CCCc1ccc2c(c1F)-c1c-2cc(-c2ccc(OCC3CCCOC3)c(F)c2)c(F)c1F. The molecule has 5 rings (SSSR count). The van der Waals surface area contributed by atoms with Crippen molar-refractivity contribution in [2.45, 2.75) is 32.6 Å². The van der Waals surface area contributed by atoms with Crippen LogP contribution in [0.1, 0.15) is 31.7 Å². The van der Waals surface area contributed by atoms with Gasteiger partial charge in [-0.25, -0.2) is 17.6 Å². The van der Waals surface area contributed by atoms with Crippen molar-refractivity contribution in [3.8, 4) is 39.1 Å². The van der Waals surface area contributed by atoms with E-state index in [0.717, 1.165) is 31.9 Å². The fourth-order valence-electron chi connectivity index (χ4n) is 4.71. The molecule has 2 aliphatic rings. The molecular formula is C27H24F4O2. The van der Waals surface area contributed by atoms with Crippen LogP contribution in [-0.2, 0) is 11.2 Å². The fraction of sp³-hybridized carbons (Fsp3) is 0.333. The minimum Gasteiger partial charge on any atom is -0.490 e. The number of hydrogen-bond acceptors (Lipinski definition) is 2. The van der Waals surface area contributed by atoms with Gasteiger partial charge in [-0.05, 0) is 59.7 Å². The van der Waals surface area contributed by atoms with Gasteiger partial charge in [0.1, 0.15) is 5.82 Å². The average Bonchev–Trinajstić information content (AvgIpc) is 2.81. The predicted octanol–water partition coefficient (Wildman–Crippen LogP) is 7.32. The molecule has 0 aromatic heterocycles. The minimum absolute atomic E-state index is 0.0446. The molecule has 172 valence electrons. The molecule has 0 radical (unpaired) electrons. The topological polar surface area (TPSA) is 18.5 Å². The Labute approximate surface area is 190 Å². The molecule has 0 saturated carbocycles. The molecular weight excluding hydrogens is 432 g/mol. The zero-order valence-corrected chi connectivity index (χ0v) is 18.3. The lowest BCUT2D eigenvalue weighted by molar-refractivity contribution is 0.0345. The highest BCUT2D eigenvalue weighted by Gasteiger charge is 2.34. The maximum absolute atomic E-state index is 15.0. The Balaban J connectivity index is 1.44. The molecule has 3 aromatic carbocycles. The van der Waals surface area contributed by atoms with E-state index in [4.69, 9.17) is 9.47 Å². The Bertz CT molecular complexity index is 1220. The third kappa shape index (κ3) is 3.80. The summed E-state index contributed by atoms with van der Waals surface area (Å²) in [6.07, 6.45) is 3.18. The van der Waals surface area contributed by atoms with Crippen LogP contribution in [0.5, 0.6) is 5.75 Å². The Morgan fingerprint density at radius 1 is 0.909 bits per heavy atom. The highest BCUT2D eigenvalue weighted by atomic mass is 19.2. The Morgan fingerprint density at radius 2 is 1.73 bits per heavy atom. The maximum Gasteiger partial charge on any atom is 0.168 e. The third-order valence-electron chi connectivity index (χ3n) is 6.46. The van der Waals surface area contributed by atoms with Crippen LogP contribution in [0, 0.1) is 29.2 Å². The second-order valence-electron chi connectivity index (χ2n) is 8.73. The zero-order chi connectivity index (χ0) is 23.1. The number of halogens is 4. The smallest absolute Gasteiger partial charge is 0.168 e. The molecule has 33 heavy (non-hydrogen) atoms. The van der Waals surface area contributed by atoms with E-state index in [1.807, 2.05) is 6.92 Å². The molecule has 6 heteroatoms. The predicted molar refractivity (Wildman–Crippen MR) is 119 cm³/mol. The summed E-state index contributed by atoms with van der Waals surface area (Å²) < 4.78 is 70.6. The van der Waals surface area contributed by atoms with Crippen molar-refractivity contribution in [1.29, 1.82) is 0 Å². The first-order valence-electron chi connectivity index (χ1n) is 11.3. The average molecular weight is 456 g/mol. The highest BCUT2D eigenvalue weighted by Crippen LogP contribution is 2.52. The number of aryl methyl sites for hydroxylation is 1. The molecule has 0 N–H and O–H groups in total. The van der Waals surface area contributed by atoms with Crippen molar-refractivity contribution in [1.82, 2.24) is 0 Å². The molecule has 0 spiro atoms. The summed E-state index contributed by atoms with van der Waals surface area (Å²) in [6.45, 7) is 3.58. The summed E-state index contributed by atoms with van der Waals surface area (Å²) in [5, 5.41) is 0. The minimum atomic E-state index is -1.12. The van der Waals surface area contributed by atoms with Crippen LogP contribution >= 0.6 is 0 Å². The van der Waals surface area contributed by atoms with Gasteiger partial charge in [-0.3, -0.25) is 0 Å². The molecule has 0 bridgehead atoms. The Hall–Kier alpha value is -2.86. The van der Waals surface area contributed by atoms with E-state index in [-0.39, 0.29) is 33.9 Å². The van der Waals surface area contributed by atoms with Gasteiger partial charge in [0.15, 0.2) is 23.2 Å². The molecule has 1 aliphatic carbocycles. The van der Waals surface area contributed by atoms with E-state index >= 15 is 0 Å². The van der Waals surface area contributed by atoms with E-state index in [1.165, 1.54) is 18.2 Å². The third-order valence-corrected chi connectivity index (χ3v) is 6.46. The van der Waals surface area contributed by atoms with E-state index in [0.29, 0.717) is 36.3 Å². The van der Waals surface area contributed by atoms with Crippen LogP contribution in [0.25, 0.3) is 33.4 Å². The van der Waals surface area contributed by atoms with Crippen molar-refractivity contribution < 1.29 is 27.0 Å². The number of hydrogen-bond donors (Lipinski definition) is 0. The Morgan fingerprint density at radius 3 is 2.45 bits per heavy atom. The molecule has 1 fully saturated rings. The number of benzene rings is 3. The monoisotopic (exact) mass is 456 g/mol. The quantitative estimate of drug-likeness (QED) is 0.283. The number of fused-ring (bicyclic) bond motifs is 4. The van der Waals surface area contributed by atoms with Crippen molar-refractivity contribution in [2.75, 3.05) is 19.8 Å². The summed E-state index contributed by atoms with van der Waals surface area (Å²) in [5.41, 5.74) is 1.66. The maximum atomic E-state index is 15.0. The van der Waals surface area contributed by atoms with Gasteiger partial charge in [0.25, 0.3) is 0 Å². The standard InChI is InChI=1S/C27H24F4O2/c1-2-4-16-6-8-18-20-12-19(26(30)27(31)24(20)23(18)25(16)29)17-7-9-22(21(28)11-17)33-14-15-5-3-10-32-13-15/h6-9,11-12,15H,2-5,10,13-14H2,1H3. The molecule has 1 saturated heterocycles. The number of rotatable bonds is 6. The van der Waals surface area contributed by atoms with Crippen LogP contribution in [-0.4, -0.2) is 19.8 Å². The van der Waals surface area contributed by atoms with Gasteiger partial charge in [-0.1, -0.05) is 31.5 Å². The van der Waals surface area contributed by atoms with E-state index in [1.54, 1.807) is 12.1 Å². The summed E-state index contributed by atoms with van der Waals surface area (Å²) in [4.78, 5) is 0. The van der Waals surface area contributed by atoms with Crippen LogP contribution in [0.4, 0.5) is 17.6 Å². The van der Waals surface area contributed by atoms with Crippen LogP contribution < -0.4 is 4.74 Å². The second kappa shape index (κ2) is 8.82. The van der Waals surface area contributed by atoms with Crippen molar-refractivity contribution in [2.24, 2.45) is 5.92 Å². The Kier molecular flexibility index (Phi) is 5.87. The molecule has 1 atom stereocenters. The summed E-state index contributed by atoms with van der Waals surface area (Å²) in [7, 11) is 0. The first-order chi connectivity index (χ1) is 16.0. The zero-order valence-electron chi connectivity index (χ0n) is 18.3. The van der Waals surface area contributed by atoms with Gasteiger partial charge in [0, 0.05) is 29.2 Å². The van der Waals surface area contributed by atoms with Crippen LogP contribution in [0.15, 0.2) is 36.4 Å². The molecule has 1 aliphatic heterocycles.